The number of carbonyl (C=O) groups excluding carboxylic acids is 3. The molecular formula is C46H38Cl2N4O9. The molecular weight excluding hydrogens is 823 g/mol. The van der Waals surface area contributed by atoms with Crippen LogP contribution in [0.25, 0.3) is 11.1 Å². The summed E-state index contributed by atoms with van der Waals surface area (Å²) in [6.07, 6.45) is -1.72. The molecule has 1 fully saturated rings. The third-order valence-corrected chi connectivity index (χ3v) is 11.5. The fourth-order valence-electron chi connectivity index (χ4n) is 7.46. The summed E-state index contributed by atoms with van der Waals surface area (Å²) in [6, 6.07) is 29.7. The average Bonchev–Trinajstić information content (AvgIpc) is 3.78. The highest BCUT2D eigenvalue weighted by Crippen LogP contribution is 2.40. The summed E-state index contributed by atoms with van der Waals surface area (Å²) in [5.41, 5.74) is 6.13. The molecule has 1 unspecified atom stereocenters. The fourth-order valence-corrected chi connectivity index (χ4v) is 7.78. The van der Waals surface area contributed by atoms with Crippen LogP contribution in [0.15, 0.2) is 103 Å². The Morgan fingerprint density at radius 1 is 0.918 bits per heavy atom. The van der Waals surface area contributed by atoms with Gasteiger partial charge in [0.1, 0.15) is 36.3 Å². The highest BCUT2D eigenvalue weighted by molar-refractivity contribution is 6.42. The van der Waals surface area contributed by atoms with E-state index in [0.717, 1.165) is 16.7 Å². The van der Waals surface area contributed by atoms with Crippen molar-refractivity contribution in [3.05, 3.63) is 147 Å². The smallest absolute Gasteiger partial charge is 0.411 e. The molecule has 8 rings (SSSR count). The van der Waals surface area contributed by atoms with Gasteiger partial charge >= 0.3 is 12.1 Å². The molecule has 3 aliphatic rings. The summed E-state index contributed by atoms with van der Waals surface area (Å²) < 4.78 is 23.3. The van der Waals surface area contributed by atoms with Crippen molar-refractivity contribution in [1.82, 2.24) is 10.2 Å². The lowest BCUT2D eigenvalue weighted by molar-refractivity contribution is -0.142. The minimum Gasteiger partial charge on any atom is -0.489 e. The zero-order chi connectivity index (χ0) is 42.6. The number of fused-ring (bicyclic) bond motifs is 2. The van der Waals surface area contributed by atoms with Crippen LogP contribution in [0.3, 0.4) is 0 Å². The maximum Gasteiger partial charge on any atom is 0.411 e. The Morgan fingerprint density at radius 2 is 1.64 bits per heavy atom. The number of hydrogen-bond acceptors (Lipinski definition) is 9. The molecule has 310 valence electrons. The second-order valence-corrected chi connectivity index (χ2v) is 15.7. The highest BCUT2D eigenvalue weighted by Gasteiger charge is 2.40. The summed E-state index contributed by atoms with van der Waals surface area (Å²) in [5.74, 6) is -1.37. The van der Waals surface area contributed by atoms with Crippen LogP contribution >= 0.6 is 23.2 Å². The molecule has 0 aromatic heterocycles. The van der Waals surface area contributed by atoms with Crippen molar-refractivity contribution in [2.75, 3.05) is 18.5 Å². The van der Waals surface area contributed by atoms with E-state index in [4.69, 9.17) is 47.4 Å². The molecule has 1 saturated heterocycles. The molecule has 4 atom stereocenters. The van der Waals surface area contributed by atoms with Gasteiger partial charge in [0.2, 0.25) is 12.0 Å². The molecule has 3 amide bonds. The van der Waals surface area contributed by atoms with Crippen molar-refractivity contribution in [2.24, 2.45) is 0 Å². The van der Waals surface area contributed by atoms with Crippen LogP contribution in [-0.4, -0.2) is 65.3 Å². The number of anilines is 1. The van der Waals surface area contributed by atoms with E-state index in [2.05, 4.69) is 16.7 Å². The summed E-state index contributed by atoms with van der Waals surface area (Å²) in [6.45, 7) is 0.873. The van der Waals surface area contributed by atoms with Gasteiger partial charge in [0, 0.05) is 24.8 Å². The molecule has 3 aliphatic heterocycles. The molecule has 3 N–H and O–H groups in total. The highest BCUT2D eigenvalue weighted by atomic mass is 35.5. The van der Waals surface area contributed by atoms with Crippen LogP contribution in [0.2, 0.25) is 10.0 Å². The maximum atomic E-state index is 14.1. The lowest BCUT2D eigenvalue weighted by atomic mass is 9.92. The van der Waals surface area contributed by atoms with E-state index in [1.165, 1.54) is 4.90 Å². The first-order valence-corrected chi connectivity index (χ1v) is 20.2. The Balaban J connectivity index is 0.975. The summed E-state index contributed by atoms with van der Waals surface area (Å²) >= 11 is 12.1. The number of nitriles is 1. The van der Waals surface area contributed by atoms with Gasteiger partial charge in [0.15, 0.2) is 0 Å². The number of nitrogens with zero attached hydrogens (tertiary/aromatic N) is 2. The summed E-state index contributed by atoms with van der Waals surface area (Å²) in [7, 11) is 0. The Bertz CT molecular complexity index is 2520. The maximum absolute atomic E-state index is 14.1. The first kappa shape index (κ1) is 41.2. The van der Waals surface area contributed by atoms with E-state index in [0.29, 0.717) is 68.1 Å². The van der Waals surface area contributed by atoms with Gasteiger partial charge in [-0.15, -0.1) is 0 Å². The molecule has 61 heavy (non-hydrogen) atoms. The van der Waals surface area contributed by atoms with Gasteiger partial charge in [-0.1, -0.05) is 77.8 Å². The lowest BCUT2D eigenvalue weighted by Gasteiger charge is -2.37. The molecule has 0 saturated carbocycles. The van der Waals surface area contributed by atoms with Gasteiger partial charge in [0.25, 0.3) is 5.91 Å². The number of carboxylic acid groups (broad SMARTS) is 1. The second kappa shape index (κ2) is 17.9. The quantitative estimate of drug-likeness (QED) is 0.120. The van der Waals surface area contributed by atoms with Crippen LogP contribution in [0, 0.1) is 11.3 Å². The Kier molecular flexibility index (Phi) is 12.1. The van der Waals surface area contributed by atoms with Gasteiger partial charge < -0.3 is 34.7 Å². The average molecular weight is 862 g/mol. The van der Waals surface area contributed by atoms with E-state index in [1.54, 1.807) is 72.8 Å². The fraction of sp³-hybridized carbons (Fsp3) is 0.239. The van der Waals surface area contributed by atoms with Gasteiger partial charge in [-0.05, 0) is 81.9 Å². The number of halogens is 2. The number of hydrogen-bond donors (Lipinski definition) is 3. The van der Waals surface area contributed by atoms with Crippen molar-refractivity contribution in [3.8, 4) is 28.7 Å². The van der Waals surface area contributed by atoms with Crippen molar-refractivity contribution in [1.29, 1.82) is 5.26 Å². The number of rotatable bonds is 11. The Hall–Kier alpha value is -6.59. The van der Waals surface area contributed by atoms with Crippen LogP contribution in [0.5, 0.6) is 11.5 Å². The van der Waals surface area contributed by atoms with Crippen molar-refractivity contribution in [2.45, 2.75) is 56.7 Å². The molecule has 3 heterocycles. The van der Waals surface area contributed by atoms with Crippen LogP contribution in [-0.2, 0) is 49.9 Å². The van der Waals surface area contributed by atoms with Gasteiger partial charge in [-0.25, -0.2) is 9.59 Å². The number of nitrogens with one attached hydrogen (secondary N) is 2. The van der Waals surface area contributed by atoms with Crippen molar-refractivity contribution in [3.63, 3.8) is 0 Å². The summed E-state index contributed by atoms with van der Waals surface area (Å²) in [5, 5.41) is 25.8. The predicted octanol–water partition coefficient (Wildman–Crippen LogP) is 7.65. The van der Waals surface area contributed by atoms with Crippen LogP contribution in [0.4, 0.5) is 10.5 Å². The molecule has 13 nitrogen and oxygen atoms in total. The number of ether oxygens (including phenoxy) is 4. The van der Waals surface area contributed by atoms with Gasteiger partial charge in [-0.2, -0.15) is 5.26 Å². The van der Waals surface area contributed by atoms with Crippen molar-refractivity contribution >= 4 is 52.8 Å². The number of benzene rings is 5. The largest absolute Gasteiger partial charge is 0.489 e. The van der Waals surface area contributed by atoms with Crippen molar-refractivity contribution < 1.29 is 43.2 Å². The number of aliphatic carboxylic acids is 1. The molecule has 0 bridgehead atoms. The topological polar surface area (TPSA) is 177 Å². The van der Waals surface area contributed by atoms with E-state index < -0.39 is 48.2 Å². The van der Waals surface area contributed by atoms with E-state index in [9.17, 15) is 24.3 Å². The lowest BCUT2D eigenvalue weighted by Crippen LogP contribution is -2.56. The molecule has 0 spiro atoms. The van der Waals surface area contributed by atoms with E-state index >= 15 is 0 Å². The van der Waals surface area contributed by atoms with E-state index in [1.807, 2.05) is 30.3 Å². The third kappa shape index (κ3) is 9.42. The molecule has 0 radical (unpaired) electrons. The van der Waals surface area contributed by atoms with Crippen LogP contribution < -0.4 is 20.1 Å². The summed E-state index contributed by atoms with van der Waals surface area (Å²) in [4.78, 5) is 55.1. The predicted molar refractivity (Wildman–Crippen MR) is 224 cm³/mol. The number of amides is 3. The SMILES string of the molecule is N#Cc1ccc(-c2ccc(C[C@H](NC(=O)C3Cc4cc5c(cc4CN3C(=O)O[C@@H]3CCOC3)O[C@@H](c3ccc(OCc4ccc(Cl)c(Cl)c4)cc3)C(=O)N5)C(=O)O)cc2)cc1. The Labute approximate surface area is 360 Å². The minimum atomic E-state index is -1.31. The monoisotopic (exact) mass is 860 g/mol. The molecule has 5 aromatic carbocycles. The minimum absolute atomic E-state index is 0.0132. The van der Waals surface area contributed by atoms with Crippen LogP contribution in [0.1, 0.15) is 45.9 Å². The molecule has 0 aliphatic carbocycles. The van der Waals surface area contributed by atoms with E-state index in [-0.39, 0.29) is 32.6 Å². The first-order chi connectivity index (χ1) is 29.5. The normalized spacial score (nSPS) is 18.3. The molecule has 5 aromatic rings. The first-order valence-electron chi connectivity index (χ1n) is 19.5. The molecule has 15 heteroatoms. The second-order valence-electron chi connectivity index (χ2n) is 14.9. The standard InChI is InChI=1S/C46H38Cl2N4O9/c47-36-14-5-28(17-37(36)48)24-59-34-12-10-31(11-13-34)42-44(54)50-38-19-32-20-40(52(23-33(32)21-41(38)61-42)46(57)60-35-15-16-58-25-35)43(53)51-39(45(55)56)18-26-1-6-29(7-2-26)30-8-3-27(22-49)4-9-30/h1-14,17,19,21,35,39-40,42H,15-16,18,20,23-25H2,(H,50,54)(H,51,53)(H,55,56)/t35-,39+,40?,42+/m1/s1. The number of carboxylic acids is 1. The Morgan fingerprint density at radius 3 is 2.31 bits per heavy atom. The zero-order valence-corrected chi connectivity index (χ0v) is 33.9. The van der Waals surface area contributed by atoms with Gasteiger partial charge in [-0.3, -0.25) is 14.5 Å². The van der Waals surface area contributed by atoms with Gasteiger partial charge in [0.05, 0.1) is 47.1 Å². The number of carbonyl (C=O) groups is 4. The third-order valence-electron chi connectivity index (χ3n) is 10.8. The zero-order valence-electron chi connectivity index (χ0n) is 32.4.